The summed E-state index contributed by atoms with van der Waals surface area (Å²) in [5.41, 5.74) is 1.13. The molecule has 0 bridgehead atoms. The molecule has 0 saturated carbocycles. The van der Waals surface area contributed by atoms with E-state index in [2.05, 4.69) is 4.99 Å². The van der Waals surface area contributed by atoms with Gasteiger partial charge in [-0.25, -0.2) is 12.7 Å². The predicted molar refractivity (Wildman–Crippen MR) is 87.9 cm³/mol. The molecule has 1 aliphatic heterocycles. The van der Waals surface area contributed by atoms with Crippen LogP contribution >= 0.6 is 0 Å². The Morgan fingerprint density at radius 2 is 1.64 bits per heavy atom. The van der Waals surface area contributed by atoms with Crippen LogP contribution < -0.4 is 0 Å². The number of alkyl halides is 3. The number of hydrogen-bond donors (Lipinski definition) is 0. The Labute approximate surface area is 143 Å². The first-order chi connectivity index (χ1) is 11.7. The minimum absolute atomic E-state index is 0.191. The van der Waals surface area contributed by atoms with Gasteiger partial charge in [-0.3, -0.25) is 4.99 Å². The van der Waals surface area contributed by atoms with E-state index in [1.807, 2.05) is 0 Å². The minimum Gasteiger partial charge on any atom is -0.265 e. The molecule has 8 heteroatoms. The van der Waals surface area contributed by atoms with Gasteiger partial charge in [0.2, 0.25) is 0 Å². The van der Waals surface area contributed by atoms with Crippen LogP contribution in [0.3, 0.4) is 0 Å². The first-order valence-electron chi connectivity index (χ1n) is 7.49. The number of halogens is 3. The van der Waals surface area contributed by atoms with Crippen LogP contribution in [0.2, 0.25) is 0 Å². The zero-order valence-electron chi connectivity index (χ0n) is 13.2. The third kappa shape index (κ3) is 3.26. The molecule has 0 N–H and O–H groups in total. The highest BCUT2D eigenvalue weighted by Gasteiger charge is 2.52. The van der Waals surface area contributed by atoms with Crippen molar-refractivity contribution >= 4 is 15.9 Å². The lowest BCUT2D eigenvalue weighted by Gasteiger charge is -2.28. The van der Waals surface area contributed by atoms with Crippen molar-refractivity contribution in [2.45, 2.75) is 24.0 Å². The molecule has 0 aliphatic carbocycles. The topological polar surface area (TPSA) is 49.7 Å². The molecule has 1 atom stereocenters. The first kappa shape index (κ1) is 17.5. The molecule has 3 rings (SSSR count). The molecule has 4 nitrogen and oxygen atoms in total. The molecule has 132 valence electrons. The highest BCUT2D eigenvalue weighted by Crippen LogP contribution is 2.34. The van der Waals surface area contributed by atoms with Crippen LogP contribution in [0.4, 0.5) is 13.2 Å². The Kier molecular flexibility index (Phi) is 4.32. The highest BCUT2D eigenvalue weighted by molar-refractivity contribution is 7.89. The van der Waals surface area contributed by atoms with Crippen LogP contribution in [0.15, 0.2) is 64.5 Å². The number of benzene rings is 2. The van der Waals surface area contributed by atoms with Gasteiger partial charge in [0.05, 0.1) is 11.4 Å². The van der Waals surface area contributed by atoms with Crippen LogP contribution in [0.1, 0.15) is 11.1 Å². The molecule has 0 saturated heterocycles. The molecule has 2 aromatic rings. The lowest BCUT2D eigenvalue weighted by atomic mass is 10.2. The number of rotatable bonds is 3. The fraction of sp³-hybridized carbons (Fsp3) is 0.235. The van der Waals surface area contributed by atoms with Crippen molar-refractivity contribution < 1.29 is 21.6 Å². The average Bonchev–Trinajstić information content (AvgIpc) is 3.02. The van der Waals surface area contributed by atoms with Gasteiger partial charge in [-0.15, -0.1) is 0 Å². The Balaban J connectivity index is 2.12. The molecule has 2 aromatic carbocycles. The lowest BCUT2D eigenvalue weighted by Crippen LogP contribution is -2.49. The van der Waals surface area contributed by atoms with Gasteiger partial charge in [-0.1, -0.05) is 48.0 Å². The number of aryl methyl sites for hydroxylation is 1. The molecule has 0 fully saturated rings. The summed E-state index contributed by atoms with van der Waals surface area (Å²) < 4.78 is 66.6. The first-order valence-corrected chi connectivity index (χ1v) is 8.93. The van der Waals surface area contributed by atoms with Crippen LogP contribution in [-0.4, -0.2) is 37.3 Å². The number of sulfonamides is 1. The summed E-state index contributed by atoms with van der Waals surface area (Å²) in [4.78, 5) is 3.69. The van der Waals surface area contributed by atoms with Crippen molar-refractivity contribution in [2.75, 3.05) is 6.54 Å². The average molecular weight is 368 g/mol. The Hall–Kier alpha value is -2.35. The van der Waals surface area contributed by atoms with Crippen LogP contribution in [0.5, 0.6) is 0 Å². The molecule has 0 spiro atoms. The second-order valence-electron chi connectivity index (χ2n) is 5.70. The van der Waals surface area contributed by atoms with E-state index in [0.717, 1.165) is 5.56 Å². The fourth-order valence-electron chi connectivity index (χ4n) is 2.61. The monoisotopic (exact) mass is 368 g/mol. The Morgan fingerprint density at radius 3 is 2.20 bits per heavy atom. The molecule has 0 amide bonds. The summed E-state index contributed by atoms with van der Waals surface area (Å²) in [6.07, 6.45) is -4.72. The van der Waals surface area contributed by atoms with Gasteiger partial charge in [0.15, 0.2) is 6.04 Å². The van der Waals surface area contributed by atoms with E-state index in [1.165, 1.54) is 24.3 Å². The van der Waals surface area contributed by atoms with Crippen molar-refractivity contribution in [1.82, 2.24) is 4.31 Å². The predicted octanol–water partition coefficient (Wildman–Crippen LogP) is 3.38. The normalized spacial score (nSPS) is 18.3. The minimum atomic E-state index is -4.72. The van der Waals surface area contributed by atoms with Crippen molar-refractivity contribution in [3.05, 3.63) is 65.7 Å². The van der Waals surface area contributed by atoms with Crippen LogP contribution in [0, 0.1) is 6.92 Å². The van der Waals surface area contributed by atoms with Gasteiger partial charge >= 0.3 is 6.18 Å². The lowest BCUT2D eigenvalue weighted by molar-refractivity contribution is -0.159. The summed E-state index contributed by atoms with van der Waals surface area (Å²) >= 11 is 0. The number of aliphatic imine (C=N–C) groups is 1. The fourth-order valence-corrected chi connectivity index (χ4v) is 4.23. The number of nitrogens with zero attached hydrogens (tertiary/aromatic N) is 2. The van der Waals surface area contributed by atoms with E-state index >= 15 is 0 Å². The van der Waals surface area contributed by atoms with Gasteiger partial charge in [0.25, 0.3) is 10.0 Å². The summed E-state index contributed by atoms with van der Waals surface area (Å²) in [7, 11) is -4.40. The highest BCUT2D eigenvalue weighted by atomic mass is 32.2. The smallest absolute Gasteiger partial charge is 0.265 e. The number of hydrogen-bond acceptors (Lipinski definition) is 3. The Bertz CT molecular complexity index is 892. The Morgan fingerprint density at radius 1 is 1.04 bits per heavy atom. The molecule has 0 aromatic heterocycles. The molecule has 25 heavy (non-hydrogen) atoms. The van der Waals surface area contributed by atoms with Crippen molar-refractivity contribution in [3.63, 3.8) is 0 Å². The molecule has 0 radical (unpaired) electrons. The van der Waals surface area contributed by atoms with E-state index in [4.69, 9.17) is 0 Å². The largest absolute Gasteiger partial charge is 0.411 e. The second-order valence-corrected chi connectivity index (χ2v) is 7.52. The van der Waals surface area contributed by atoms with Crippen molar-refractivity contribution in [3.8, 4) is 0 Å². The van der Waals surface area contributed by atoms with Gasteiger partial charge in [0, 0.05) is 5.56 Å². The summed E-state index contributed by atoms with van der Waals surface area (Å²) in [6, 6.07) is 11.5. The summed E-state index contributed by atoms with van der Waals surface area (Å²) in [5, 5.41) is 0. The maximum Gasteiger partial charge on any atom is 0.411 e. The van der Waals surface area contributed by atoms with Crippen molar-refractivity contribution in [2.24, 2.45) is 4.99 Å². The zero-order valence-corrected chi connectivity index (χ0v) is 14.1. The van der Waals surface area contributed by atoms with Crippen LogP contribution in [-0.2, 0) is 10.0 Å². The summed E-state index contributed by atoms with van der Waals surface area (Å²) in [5.74, 6) is -0.191. The summed E-state index contributed by atoms with van der Waals surface area (Å²) in [6.45, 7) is 1.11. The molecule has 1 aliphatic rings. The SMILES string of the molecule is Cc1ccc(S(=O)(=O)N2C(c3ccccc3)=NCC2C(F)(F)F)cc1. The van der Waals surface area contributed by atoms with Gasteiger partial charge in [0.1, 0.15) is 5.84 Å². The van der Waals surface area contributed by atoms with Crippen LogP contribution in [0.25, 0.3) is 0 Å². The van der Waals surface area contributed by atoms with Crippen molar-refractivity contribution in [1.29, 1.82) is 0 Å². The number of amidine groups is 1. The maximum absolute atomic E-state index is 13.4. The molecular weight excluding hydrogens is 353 g/mol. The van der Waals surface area contributed by atoms with E-state index < -0.39 is 28.8 Å². The van der Waals surface area contributed by atoms with E-state index in [9.17, 15) is 21.6 Å². The van der Waals surface area contributed by atoms with Gasteiger partial charge in [-0.05, 0) is 19.1 Å². The van der Waals surface area contributed by atoms with Gasteiger partial charge in [-0.2, -0.15) is 13.2 Å². The zero-order chi connectivity index (χ0) is 18.2. The van der Waals surface area contributed by atoms with Gasteiger partial charge < -0.3 is 0 Å². The molecule has 1 heterocycles. The van der Waals surface area contributed by atoms with E-state index in [-0.39, 0.29) is 10.7 Å². The molecular formula is C17H15F3N2O2S. The third-order valence-corrected chi connectivity index (χ3v) is 5.71. The van der Waals surface area contributed by atoms with E-state index in [0.29, 0.717) is 9.87 Å². The maximum atomic E-state index is 13.4. The third-order valence-electron chi connectivity index (χ3n) is 3.89. The second kappa shape index (κ2) is 6.18. The van der Waals surface area contributed by atoms with E-state index in [1.54, 1.807) is 37.3 Å². The standard InChI is InChI=1S/C17H15F3N2O2S/c1-12-7-9-14(10-8-12)25(23,24)22-15(17(18,19)20)11-21-16(22)13-5-3-2-4-6-13/h2-10,15H,11H2,1H3. The molecule has 1 unspecified atom stereocenters. The quantitative estimate of drug-likeness (QED) is 0.834.